The lowest BCUT2D eigenvalue weighted by atomic mass is 9.93. The van der Waals surface area contributed by atoms with Crippen LogP contribution in [-0.4, -0.2) is 46.7 Å². The minimum Gasteiger partial charge on any atom is -0.444 e. The van der Waals surface area contributed by atoms with Crippen molar-refractivity contribution >= 4 is 36.2 Å². The van der Waals surface area contributed by atoms with Gasteiger partial charge in [0.1, 0.15) is 17.7 Å². The summed E-state index contributed by atoms with van der Waals surface area (Å²) in [4.78, 5) is 41.7. The molecule has 2 rings (SSSR count). The number of thiol groups is 1. The average molecular weight is 514 g/mol. The predicted molar refractivity (Wildman–Crippen MR) is 147 cm³/mol. The van der Waals surface area contributed by atoms with Crippen LogP contribution in [-0.2, 0) is 14.3 Å². The van der Waals surface area contributed by atoms with Gasteiger partial charge in [0.05, 0.1) is 0 Å². The summed E-state index contributed by atoms with van der Waals surface area (Å²) in [6.07, 6.45) is -0.0874. The summed E-state index contributed by atoms with van der Waals surface area (Å²) in [6, 6.07) is 11.4. The van der Waals surface area contributed by atoms with Crippen molar-refractivity contribution in [2.75, 3.05) is 17.6 Å². The third kappa shape index (κ3) is 7.75. The number of nitrogens with one attached hydrogen (secondary N) is 2. The maximum atomic E-state index is 13.9. The molecule has 2 aromatic rings. The zero-order valence-electron chi connectivity index (χ0n) is 22.3. The molecule has 2 aromatic carbocycles. The molecule has 0 aliphatic carbocycles. The highest BCUT2D eigenvalue weighted by Crippen LogP contribution is 2.30. The molecule has 8 heteroatoms. The summed E-state index contributed by atoms with van der Waals surface area (Å²) in [5.74, 6) is -0.666. The Morgan fingerprint density at radius 2 is 1.56 bits per heavy atom. The first kappa shape index (κ1) is 29.2. The van der Waals surface area contributed by atoms with Crippen LogP contribution in [0.2, 0.25) is 0 Å². The van der Waals surface area contributed by atoms with Crippen molar-refractivity contribution in [3.05, 3.63) is 64.7 Å². The Hall–Kier alpha value is -3.00. The first-order valence-electron chi connectivity index (χ1n) is 12.2. The van der Waals surface area contributed by atoms with Crippen LogP contribution >= 0.6 is 12.6 Å². The quantitative estimate of drug-likeness (QED) is 0.394. The number of alkyl carbamates (subject to hydrolysis) is 1. The smallest absolute Gasteiger partial charge is 0.408 e. The summed E-state index contributed by atoms with van der Waals surface area (Å²) < 4.78 is 5.35. The Bertz CT molecular complexity index is 1060. The first-order valence-corrected chi connectivity index (χ1v) is 12.9. The van der Waals surface area contributed by atoms with Gasteiger partial charge in [-0.25, -0.2) is 4.79 Å². The van der Waals surface area contributed by atoms with Gasteiger partial charge in [0.25, 0.3) is 5.91 Å². The molecular formula is C28H39N3O4S. The minimum atomic E-state index is -0.965. The van der Waals surface area contributed by atoms with Gasteiger partial charge in [0.2, 0.25) is 5.91 Å². The second-order valence-electron chi connectivity index (χ2n) is 9.93. The van der Waals surface area contributed by atoms with Gasteiger partial charge in [-0.05, 0) is 76.3 Å². The number of aryl methyl sites for hydroxylation is 3. The van der Waals surface area contributed by atoms with E-state index in [1.54, 1.807) is 25.7 Å². The average Bonchev–Trinajstić information content (AvgIpc) is 2.78. The van der Waals surface area contributed by atoms with Gasteiger partial charge in [-0.2, -0.15) is 12.6 Å². The number of para-hydroxylation sites is 1. The third-order valence-corrected chi connectivity index (χ3v) is 6.06. The van der Waals surface area contributed by atoms with E-state index in [2.05, 4.69) is 23.3 Å². The van der Waals surface area contributed by atoms with Crippen LogP contribution in [0.1, 0.15) is 62.4 Å². The van der Waals surface area contributed by atoms with Crippen LogP contribution in [0.5, 0.6) is 0 Å². The number of ether oxygens (including phenoxy) is 1. The molecule has 0 fully saturated rings. The molecule has 0 aliphatic rings. The topological polar surface area (TPSA) is 87.7 Å². The highest BCUT2D eigenvalue weighted by molar-refractivity contribution is 7.80. The zero-order chi connectivity index (χ0) is 27.0. The van der Waals surface area contributed by atoms with Gasteiger partial charge < -0.3 is 20.3 Å². The van der Waals surface area contributed by atoms with Gasteiger partial charge in [-0.1, -0.05) is 43.3 Å². The lowest BCUT2D eigenvalue weighted by Gasteiger charge is -2.35. The Morgan fingerprint density at radius 3 is 2.08 bits per heavy atom. The van der Waals surface area contributed by atoms with E-state index in [4.69, 9.17) is 4.74 Å². The summed E-state index contributed by atoms with van der Waals surface area (Å²) in [5, 5.41) is 5.66. The van der Waals surface area contributed by atoms with Crippen LogP contribution in [0.4, 0.5) is 10.5 Å². The molecule has 0 saturated carbocycles. The van der Waals surface area contributed by atoms with Gasteiger partial charge >= 0.3 is 6.09 Å². The van der Waals surface area contributed by atoms with Crippen molar-refractivity contribution in [3.8, 4) is 0 Å². The summed E-state index contributed by atoms with van der Waals surface area (Å²) >= 11 is 4.33. The number of carbonyl (C=O) groups is 3. The molecular weight excluding hydrogens is 474 g/mol. The van der Waals surface area contributed by atoms with Crippen LogP contribution in [0.25, 0.3) is 0 Å². The first-order chi connectivity index (χ1) is 16.9. The summed E-state index contributed by atoms with van der Waals surface area (Å²) in [5.41, 5.74) is 3.44. The molecule has 0 heterocycles. The molecule has 36 heavy (non-hydrogen) atoms. The lowest BCUT2D eigenvalue weighted by molar-refractivity contribution is -0.140. The van der Waals surface area contributed by atoms with Crippen molar-refractivity contribution in [2.24, 2.45) is 0 Å². The van der Waals surface area contributed by atoms with Crippen molar-refractivity contribution in [2.45, 2.75) is 72.6 Å². The van der Waals surface area contributed by atoms with Crippen molar-refractivity contribution in [1.82, 2.24) is 10.2 Å². The van der Waals surface area contributed by atoms with Crippen LogP contribution in [0, 0.1) is 20.8 Å². The second-order valence-corrected chi connectivity index (χ2v) is 10.3. The highest BCUT2D eigenvalue weighted by Gasteiger charge is 2.37. The number of hydrogen-bond acceptors (Lipinski definition) is 5. The molecule has 0 radical (unpaired) electrons. The molecule has 0 aromatic heterocycles. The number of amides is 3. The fourth-order valence-corrected chi connectivity index (χ4v) is 4.29. The summed E-state index contributed by atoms with van der Waals surface area (Å²) in [6.45, 7) is 13.3. The van der Waals surface area contributed by atoms with Gasteiger partial charge in [-0.3, -0.25) is 9.59 Å². The molecule has 3 amide bonds. The van der Waals surface area contributed by atoms with E-state index >= 15 is 0 Å². The monoisotopic (exact) mass is 513 g/mol. The molecule has 0 bridgehead atoms. The van der Waals surface area contributed by atoms with Gasteiger partial charge in [-0.15, -0.1) is 0 Å². The Morgan fingerprint density at radius 1 is 0.972 bits per heavy atom. The molecule has 0 spiro atoms. The van der Waals surface area contributed by atoms with Crippen LogP contribution in [0.15, 0.2) is 42.5 Å². The molecule has 2 unspecified atom stereocenters. The zero-order valence-corrected chi connectivity index (χ0v) is 23.2. The van der Waals surface area contributed by atoms with E-state index < -0.39 is 29.7 Å². The lowest BCUT2D eigenvalue weighted by Crippen LogP contribution is -2.53. The molecule has 2 atom stereocenters. The van der Waals surface area contributed by atoms with Crippen LogP contribution in [0.3, 0.4) is 0 Å². The maximum absolute atomic E-state index is 13.9. The minimum absolute atomic E-state index is 0.0528. The largest absolute Gasteiger partial charge is 0.444 e. The number of hydrogen-bond donors (Lipinski definition) is 3. The molecule has 196 valence electrons. The van der Waals surface area contributed by atoms with Crippen molar-refractivity contribution in [1.29, 1.82) is 0 Å². The summed E-state index contributed by atoms with van der Waals surface area (Å²) in [7, 11) is 0. The number of rotatable bonds is 9. The van der Waals surface area contributed by atoms with E-state index in [0.717, 1.165) is 22.3 Å². The Labute approximate surface area is 220 Å². The second kappa shape index (κ2) is 12.8. The van der Waals surface area contributed by atoms with Crippen molar-refractivity contribution < 1.29 is 19.1 Å². The number of benzene rings is 2. The number of anilines is 1. The predicted octanol–water partition coefficient (Wildman–Crippen LogP) is 5.35. The third-order valence-electron chi connectivity index (χ3n) is 5.70. The molecule has 0 aliphatic heterocycles. The number of nitrogens with zero attached hydrogens (tertiary/aromatic N) is 1. The van der Waals surface area contributed by atoms with Gasteiger partial charge in [0, 0.05) is 18.0 Å². The Kier molecular flexibility index (Phi) is 10.4. The van der Waals surface area contributed by atoms with E-state index in [-0.39, 0.29) is 11.7 Å². The van der Waals surface area contributed by atoms with Crippen molar-refractivity contribution in [3.63, 3.8) is 0 Å². The van der Waals surface area contributed by atoms with E-state index in [9.17, 15) is 14.4 Å². The SMILES string of the molecule is CCCN(C(=O)C(CS)NC(=O)OC(C)(C)C)C(C(=O)Nc1ccccc1C)c1c(C)cccc1C. The maximum Gasteiger partial charge on any atom is 0.408 e. The normalized spacial score (nSPS) is 12.9. The number of carbonyl (C=O) groups excluding carboxylic acids is 3. The standard InChI is InChI=1S/C28H39N3O4S/c1-8-16-31(26(33)22(17-36)30-27(34)35-28(5,6)7)24(23-19(3)13-11-14-20(23)4)25(32)29-21-15-10-9-12-18(21)2/h9-15,22,24,36H,8,16-17H2,1-7H3,(H,29,32)(H,30,34). The Balaban J connectivity index is 2.52. The van der Waals surface area contributed by atoms with E-state index in [1.807, 2.05) is 70.2 Å². The fourth-order valence-electron chi connectivity index (χ4n) is 4.04. The fraction of sp³-hybridized carbons (Fsp3) is 0.464. The van der Waals surface area contributed by atoms with Crippen LogP contribution < -0.4 is 10.6 Å². The molecule has 0 saturated heterocycles. The van der Waals surface area contributed by atoms with Gasteiger partial charge in [0.15, 0.2) is 0 Å². The molecule has 7 nitrogen and oxygen atoms in total. The van der Waals surface area contributed by atoms with E-state index in [1.165, 1.54) is 0 Å². The molecule has 2 N–H and O–H groups in total. The van der Waals surface area contributed by atoms with E-state index in [0.29, 0.717) is 18.7 Å². The highest BCUT2D eigenvalue weighted by atomic mass is 32.1.